The Morgan fingerprint density at radius 1 is 1.00 bits per heavy atom. The first-order chi connectivity index (χ1) is 20.0. The number of aliphatic carboxylic acids is 1. The van der Waals surface area contributed by atoms with Crippen molar-refractivity contribution in [3.8, 4) is 22.9 Å². The predicted octanol–water partition coefficient (Wildman–Crippen LogP) is 4.63. The lowest BCUT2D eigenvalue weighted by molar-refractivity contribution is -0.142. The molecule has 0 amide bonds. The van der Waals surface area contributed by atoms with Gasteiger partial charge < -0.3 is 19.2 Å². The molecule has 208 valence electrons. The average molecular weight is 551 g/mol. The van der Waals surface area contributed by atoms with E-state index in [1.54, 1.807) is 4.68 Å². The van der Waals surface area contributed by atoms with Crippen LogP contribution in [-0.4, -0.2) is 56.0 Å². The van der Waals surface area contributed by atoms with E-state index in [0.29, 0.717) is 44.4 Å². The van der Waals surface area contributed by atoms with Crippen molar-refractivity contribution < 1.29 is 19.1 Å². The number of hydrogen-bond acceptors (Lipinski definition) is 8. The van der Waals surface area contributed by atoms with Crippen molar-refractivity contribution in [1.29, 1.82) is 0 Å². The van der Waals surface area contributed by atoms with Crippen molar-refractivity contribution in [2.45, 2.75) is 19.8 Å². The van der Waals surface area contributed by atoms with E-state index in [9.17, 15) is 9.90 Å². The summed E-state index contributed by atoms with van der Waals surface area (Å²) in [6.07, 6.45) is 1.26. The summed E-state index contributed by atoms with van der Waals surface area (Å²) in [6, 6.07) is 27.3. The molecule has 1 saturated heterocycles. The fourth-order valence-corrected chi connectivity index (χ4v) is 5.29. The van der Waals surface area contributed by atoms with Gasteiger partial charge in [-0.15, -0.1) is 0 Å². The average Bonchev–Trinajstić information content (AvgIpc) is 3.74. The van der Waals surface area contributed by atoms with Crippen LogP contribution in [0.5, 0.6) is 5.75 Å². The molecule has 6 rings (SSSR count). The lowest BCUT2D eigenvalue weighted by Gasteiger charge is -2.17. The number of carboxylic acid groups (broad SMARTS) is 1. The van der Waals surface area contributed by atoms with Crippen LogP contribution < -0.4 is 9.64 Å². The molecule has 2 atom stereocenters. The molecular weight excluding hydrogens is 520 g/mol. The molecule has 0 saturated carbocycles. The molecule has 0 unspecified atom stereocenters. The zero-order valence-electron chi connectivity index (χ0n) is 22.6. The molecule has 10 nitrogen and oxygen atoms in total. The minimum absolute atomic E-state index is 0.0888. The number of oxazole rings is 1. The fourth-order valence-electron chi connectivity index (χ4n) is 5.29. The van der Waals surface area contributed by atoms with Crippen LogP contribution in [0.2, 0.25) is 0 Å². The Kier molecular flexibility index (Phi) is 7.44. The van der Waals surface area contributed by atoms with E-state index >= 15 is 0 Å². The minimum Gasteiger partial charge on any atom is -0.493 e. The van der Waals surface area contributed by atoms with Crippen molar-refractivity contribution in [1.82, 2.24) is 25.2 Å². The normalized spacial score (nSPS) is 16.7. The smallest absolute Gasteiger partial charge is 0.308 e. The van der Waals surface area contributed by atoms with Gasteiger partial charge in [0.1, 0.15) is 11.5 Å². The Morgan fingerprint density at radius 2 is 1.73 bits per heavy atom. The Bertz CT molecular complexity index is 1600. The number of tetrazole rings is 1. The SMILES string of the molecule is Cc1oc(-c2ccccc2)nc1CCOc1ccc(C[C@@H]2CN(c3nnnn3-c3ccccc3)C[C@@H]2C(=O)O)cc1. The van der Waals surface area contributed by atoms with Crippen LogP contribution in [0.25, 0.3) is 17.1 Å². The highest BCUT2D eigenvalue weighted by atomic mass is 16.5. The molecular formula is C31H30N6O4. The van der Waals surface area contributed by atoms with E-state index in [1.807, 2.05) is 96.8 Å². The van der Waals surface area contributed by atoms with Crippen LogP contribution in [0.15, 0.2) is 89.3 Å². The van der Waals surface area contributed by atoms with Gasteiger partial charge in [-0.25, -0.2) is 4.98 Å². The highest BCUT2D eigenvalue weighted by molar-refractivity contribution is 5.72. The number of benzene rings is 3. The zero-order chi connectivity index (χ0) is 28.2. The highest BCUT2D eigenvalue weighted by Crippen LogP contribution is 2.31. The number of anilines is 1. The van der Waals surface area contributed by atoms with E-state index in [0.717, 1.165) is 34.0 Å². The molecule has 0 bridgehead atoms. The topological polar surface area (TPSA) is 119 Å². The summed E-state index contributed by atoms with van der Waals surface area (Å²) in [7, 11) is 0. The first kappa shape index (κ1) is 26.2. The fraction of sp³-hybridized carbons (Fsp3) is 0.258. The third kappa shape index (κ3) is 5.81. The Labute approximate surface area is 237 Å². The van der Waals surface area contributed by atoms with Crippen LogP contribution in [0.3, 0.4) is 0 Å². The van der Waals surface area contributed by atoms with E-state index in [4.69, 9.17) is 9.15 Å². The number of carboxylic acids is 1. The second-order valence-corrected chi connectivity index (χ2v) is 10.2. The van der Waals surface area contributed by atoms with Crippen LogP contribution in [-0.2, 0) is 17.6 Å². The van der Waals surface area contributed by atoms with Gasteiger partial charge >= 0.3 is 5.97 Å². The largest absolute Gasteiger partial charge is 0.493 e. The molecule has 3 heterocycles. The molecule has 3 aromatic carbocycles. The lowest BCUT2D eigenvalue weighted by atomic mass is 9.90. The van der Waals surface area contributed by atoms with Crippen molar-refractivity contribution in [2.75, 3.05) is 24.6 Å². The van der Waals surface area contributed by atoms with Gasteiger partial charge in [0, 0.05) is 25.1 Å². The van der Waals surface area contributed by atoms with Crippen molar-refractivity contribution in [3.05, 3.63) is 102 Å². The molecule has 5 aromatic rings. The third-order valence-electron chi connectivity index (χ3n) is 7.44. The minimum atomic E-state index is -0.810. The maximum absolute atomic E-state index is 12.2. The highest BCUT2D eigenvalue weighted by Gasteiger charge is 2.39. The molecule has 0 spiro atoms. The summed E-state index contributed by atoms with van der Waals surface area (Å²) >= 11 is 0. The van der Waals surface area contributed by atoms with Gasteiger partial charge in [0.2, 0.25) is 11.8 Å². The Morgan fingerprint density at radius 3 is 2.46 bits per heavy atom. The van der Waals surface area contributed by atoms with E-state index in [-0.39, 0.29) is 5.92 Å². The Hall–Kier alpha value is -4.99. The number of rotatable bonds is 10. The first-order valence-electron chi connectivity index (χ1n) is 13.6. The summed E-state index contributed by atoms with van der Waals surface area (Å²) < 4.78 is 13.5. The van der Waals surface area contributed by atoms with Gasteiger partial charge in [0.25, 0.3) is 0 Å². The van der Waals surface area contributed by atoms with E-state index in [1.165, 1.54) is 0 Å². The number of ether oxygens (including phenoxy) is 1. The third-order valence-corrected chi connectivity index (χ3v) is 7.44. The number of aryl methyl sites for hydroxylation is 1. The monoisotopic (exact) mass is 550 g/mol. The lowest BCUT2D eigenvalue weighted by Crippen LogP contribution is -2.25. The number of aromatic nitrogens is 5. The predicted molar refractivity (Wildman–Crippen MR) is 152 cm³/mol. The molecule has 1 N–H and O–H groups in total. The molecule has 0 radical (unpaired) electrons. The van der Waals surface area contributed by atoms with E-state index in [2.05, 4.69) is 20.5 Å². The summed E-state index contributed by atoms with van der Waals surface area (Å²) in [5, 5.41) is 22.1. The summed E-state index contributed by atoms with van der Waals surface area (Å²) in [6.45, 7) is 3.28. The molecule has 2 aromatic heterocycles. The number of nitrogens with zero attached hydrogens (tertiary/aromatic N) is 6. The number of para-hydroxylation sites is 1. The Balaban J connectivity index is 1.06. The maximum Gasteiger partial charge on any atom is 0.308 e. The van der Waals surface area contributed by atoms with Crippen molar-refractivity contribution >= 4 is 11.9 Å². The number of carbonyl (C=O) groups is 1. The van der Waals surface area contributed by atoms with Gasteiger partial charge in [-0.2, -0.15) is 4.68 Å². The van der Waals surface area contributed by atoms with Crippen LogP contribution in [0.4, 0.5) is 5.95 Å². The second kappa shape index (κ2) is 11.6. The zero-order valence-corrected chi connectivity index (χ0v) is 22.6. The summed E-state index contributed by atoms with van der Waals surface area (Å²) in [4.78, 5) is 18.8. The van der Waals surface area contributed by atoms with Gasteiger partial charge in [-0.1, -0.05) is 53.6 Å². The standard InChI is InChI=1S/C31H30N6O4/c1-21-28(32-29(41-21)23-8-4-2-5-9-23)16-17-40-26-14-12-22(13-15-26)18-24-19-36(20-27(24)30(38)39)31-33-34-35-37(31)25-10-6-3-7-11-25/h2-15,24,27H,16-20H2,1H3,(H,38,39)/t24-,27+/m1/s1. The van der Waals surface area contributed by atoms with Gasteiger partial charge in [0.05, 0.1) is 23.9 Å². The summed E-state index contributed by atoms with van der Waals surface area (Å²) in [5.74, 6) is 1.28. The summed E-state index contributed by atoms with van der Waals surface area (Å²) in [5.41, 5.74) is 3.71. The molecule has 1 aliphatic heterocycles. The quantitative estimate of drug-likeness (QED) is 0.265. The van der Waals surface area contributed by atoms with Gasteiger partial charge in [-0.05, 0) is 71.7 Å². The maximum atomic E-state index is 12.2. The first-order valence-corrected chi connectivity index (χ1v) is 13.6. The second-order valence-electron chi connectivity index (χ2n) is 10.2. The van der Waals surface area contributed by atoms with E-state index < -0.39 is 11.9 Å². The van der Waals surface area contributed by atoms with Gasteiger partial charge in [-0.3, -0.25) is 4.79 Å². The molecule has 41 heavy (non-hydrogen) atoms. The molecule has 10 heteroatoms. The van der Waals surface area contributed by atoms with Crippen molar-refractivity contribution in [3.63, 3.8) is 0 Å². The van der Waals surface area contributed by atoms with Crippen LogP contribution in [0, 0.1) is 18.8 Å². The molecule has 1 aliphatic rings. The van der Waals surface area contributed by atoms with Gasteiger partial charge in [0.15, 0.2) is 0 Å². The van der Waals surface area contributed by atoms with Crippen LogP contribution in [0.1, 0.15) is 17.0 Å². The number of hydrogen-bond donors (Lipinski definition) is 1. The van der Waals surface area contributed by atoms with Crippen LogP contribution >= 0.6 is 0 Å². The van der Waals surface area contributed by atoms with Crippen molar-refractivity contribution in [2.24, 2.45) is 11.8 Å². The molecule has 0 aliphatic carbocycles. The molecule has 1 fully saturated rings.